The molecule has 0 saturated heterocycles. The van der Waals surface area contributed by atoms with Crippen LogP contribution in [0.3, 0.4) is 0 Å². The fourth-order valence-corrected chi connectivity index (χ4v) is 3.05. The highest BCUT2D eigenvalue weighted by atomic mass is 16.5. The number of amides is 1. The molecule has 1 amide bonds. The normalized spacial score (nSPS) is 11.8. The van der Waals surface area contributed by atoms with Gasteiger partial charge in [-0.05, 0) is 55.5 Å². The van der Waals surface area contributed by atoms with Gasteiger partial charge in [0.15, 0.2) is 6.10 Å². The Morgan fingerprint density at radius 2 is 1.70 bits per heavy atom. The number of ether oxygens (including phenoxy) is 2. The van der Waals surface area contributed by atoms with Gasteiger partial charge in [0.25, 0.3) is 5.91 Å². The third kappa shape index (κ3) is 5.00. The fourth-order valence-electron chi connectivity index (χ4n) is 3.05. The molecule has 0 aliphatic heterocycles. The summed E-state index contributed by atoms with van der Waals surface area (Å²) in [6.07, 6.45) is -0.586. The Balaban J connectivity index is 1.50. The molecule has 0 unspecified atom stereocenters. The zero-order chi connectivity index (χ0) is 19.2. The lowest BCUT2D eigenvalue weighted by atomic mass is 10.1. The fraction of sp³-hybridized carbons (Fsp3) is 0.261. The molecule has 0 heterocycles. The molecule has 1 N–H and O–H groups in total. The Morgan fingerprint density at radius 1 is 1.00 bits per heavy atom. The van der Waals surface area contributed by atoms with E-state index in [0.29, 0.717) is 18.9 Å². The van der Waals surface area contributed by atoms with Crippen LogP contribution in [-0.2, 0) is 4.79 Å². The molecule has 0 radical (unpaired) electrons. The molecule has 3 aromatic rings. The highest BCUT2D eigenvalue weighted by Crippen LogP contribution is 2.26. The number of rotatable bonds is 7. The van der Waals surface area contributed by atoms with Crippen LogP contribution in [0.25, 0.3) is 10.8 Å². The smallest absolute Gasteiger partial charge is 0.260 e. The first-order valence-electron chi connectivity index (χ1n) is 9.16. The van der Waals surface area contributed by atoms with Crippen LogP contribution in [0.5, 0.6) is 11.5 Å². The minimum Gasteiger partial charge on any atom is -0.492 e. The highest BCUT2D eigenvalue weighted by molar-refractivity contribution is 5.89. The van der Waals surface area contributed by atoms with Crippen molar-refractivity contribution in [3.05, 3.63) is 71.8 Å². The molecule has 0 aromatic heterocycles. The van der Waals surface area contributed by atoms with E-state index in [1.54, 1.807) is 6.92 Å². The minimum absolute atomic E-state index is 0.160. The second-order valence-electron chi connectivity index (χ2n) is 6.70. The van der Waals surface area contributed by atoms with Crippen molar-refractivity contribution in [1.29, 1.82) is 0 Å². The molecular weight excluding hydrogens is 338 g/mol. The first kappa shape index (κ1) is 18.8. The summed E-state index contributed by atoms with van der Waals surface area (Å²) in [6.45, 7) is 6.66. The standard InChI is InChI=1S/C23H25NO3/c1-16-13-17(2)15-20(14-16)26-12-11-24-23(25)18(3)27-22-10-6-8-19-7-4-5-9-21(19)22/h4-10,13-15,18H,11-12H2,1-3H3,(H,24,25)/t18-/m1/s1. The minimum atomic E-state index is -0.586. The third-order valence-corrected chi connectivity index (χ3v) is 4.29. The van der Waals surface area contributed by atoms with E-state index in [4.69, 9.17) is 9.47 Å². The third-order valence-electron chi connectivity index (χ3n) is 4.29. The van der Waals surface area contributed by atoms with Crippen LogP contribution in [-0.4, -0.2) is 25.2 Å². The molecule has 3 rings (SSSR count). The molecule has 0 spiro atoms. The molecule has 0 aliphatic carbocycles. The summed E-state index contributed by atoms with van der Waals surface area (Å²) < 4.78 is 11.6. The maximum Gasteiger partial charge on any atom is 0.260 e. The lowest BCUT2D eigenvalue weighted by Crippen LogP contribution is -2.38. The van der Waals surface area contributed by atoms with Crippen LogP contribution in [0.4, 0.5) is 0 Å². The lowest BCUT2D eigenvalue weighted by Gasteiger charge is -2.16. The van der Waals surface area contributed by atoms with Crippen molar-refractivity contribution >= 4 is 16.7 Å². The van der Waals surface area contributed by atoms with Gasteiger partial charge in [0.1, 0.15) is 18.1 Å². The van der Waals surface area contributed by atoms with Gasteiger partial charge in [0.2, 0.25) is 0 Å². The quantitative estimate of drug-likeness (QED) is 0.632. The Bertz CT molecular complexity index is 910. The summed E-state index contributed by atoms with van der Waals surface area (Å²) in [6, 6.07) is 19.9. The summed E-state index contributed by atoms with van der Waals surface area (Å²) in [5.74, 6) is 1.37. The zero-order valence-electron chi connectivity index (χ0n) is 16.0. The molecule has 0 bridgehead atoms. The molecule has 0 fully saturated rings. The number of benzene rings is 3. The van der Waals surface area contributed by atoms with E-state index in [2.05, 4.69) is 11.4 Å². The predicted octanol–water partition coefficient (Wildman–Crippen LogP) is 4.42. The van der Waals surface area contributed by atoms with Gasteiger partial charge < -0.3 is 14.8 Å². The average molecular weight is 363 g/mol. The molecule has 1 atom stereocenters. The van der Waals surface area contributed by atoms with E-state index in [1.807, 2.05) is 68.4 Å². The first-order valence-corrected chi connectivity index (χ1v) is 9.16. The number of carbonyl (C=O) groups excluding carboxylic acids is 1. The summed E-state index contributed by atoms with van der Waals surface area (Å²) >= 11 is 0. The summed E-state index contributed by atoms with van der Waals surface area (Å²) in [5.41, 5.74) is 2.32. The molecule has 0 saturated carbocycles. The van der Waals surface area contributed by atoms with Crippen molar-refractivity contribution in [2.45, 2.75) is 26.9 Å². The van der Waals surface area contributed by atoms with Gasteiger partial charge in [-0.15, -0.1) is 0 Å². The van der Waals surface area contributed by atoms with Crippen LogP contribution in [0.2, 0.25) is 0 Å². The zero-order valence-corrected chi connectivity index (χ0v) is 16.0. The molecular formula is C23H25NO3. The van der Waals surface area contributed by atoms with E-state index in [1.165, 1.54) is 0 Å². The van der Waals surface area contributed by atoms with Crippen molar-refractivity contribution in [2.75, 3.05) is 13.2 Å². The SMILES string of the molecule is Cc1cc(C)cc(OCCNC(=O)[C@@H](C)Oc2cccc3ccccc23)c1. The number of nitrogens with one attached hydrogen (secondary N) is 1. The van der Waals surface area contributed by atoms with Gasteiger partial charge in [-0.25, -0.2) is 0 Å². The largest absolute Gasteiger partial charge is 0.492 e. The molecule has 4 heteroatoms. The Morgan fingerprint density at radius 3 is 2.48 bits per heavy atom. The average Bonchev–Trinajstić information content (AvgIpc) is 2.64. The number of fused-ring (bicyclic) bond motifs is 1. The van der Waals surface area contributed by atoms with Crippen molar-refractivity contribution in [3.8, 4) is 11.5 Å². The van der Waals surface area contributed by atoms with E-state index in [9.17, 15) is 4.79 Å². The van der Waals surface area contributed by atoms with Gasteiger partial charge >= 0.3 is 0 Å². The maximum atomic E-state index is 12.3. The number of hydrogen-bond donors (Lipinski definition) is 1. The van der Waals surface area contributed by atoms with Crippen molar-refractivity contribution in [3.63, 3.8) is 0 Å². The van der Waals surface area contributed by atoms with Gasteiger partial charge in [-0.2, -0.15) is 0 Å². The maximum absolute atomic E-state index is 12.3. The lowest BCUT2D eigenvalue weighted by molar-refractivity contribution is -0.127. The van der Waals surface area contributed by atoms with Gasteiger partial charge in [0.05, 0.1) is 6.54 Å². The second-order valence-corrected chi connectivity index (χ2v) is 6.70. The van der Waals surface area contributed by atoms with Gasteiger partial charge in [-0.3, -0.25) is 4.79 Å². The van der Waals surface area contributed by atoms with E-state index in [-0.39, 0.29) is 5.91 Å². The topological polar surface area (TPSA) is 47.6 Å². The number of aryl methyl sites for hydroxylation is 2. The van der Waals surface area contributed by atoms with E-state index in [0.717, 1.165) is 27.6 Å². The van der Waals surface area contributed by atoms with Crippen molar-refractivity contribution < 1.29 is 14.3 Å². The van der Waals surface area contributed by atoms with Crippen LogP contribution in [0.1, 0.15) is 18.1 Å². The summed E-state index contributed by atoms with van der Waals surface area (Å²) in [4.78, 5) is 12.3. The van der Waals surface area contributed by atoms with Crippen molar-refractivity contribution in [2.24, 2.45) is 0 Å². The van der Waals surface area contributed by atoms with Crippen LogP contribution < -0.4 is 14.8 Å². The number of hydrogen-bond acceptors (Lipinski definition) is 3. The summed E-state index contributed by atoms with van der Waals surface area (Å²) in [7, 11) is 0. The van der Waals surface area contributed by atoms with Crippen LogP contribution in [0.15, 0.2) is 60.7 Å². The van der Waals surface area contributed by atoms with Gasteiger partial charge in [-0.1, -0.05) is 42.5 Å². The van der Waals surface area contributed by atoms with Crippen molar-refractivity contribution in [1.82, 2.24) is 5.32 Å². The number of carbonyl (C=O) groups is 1. The van der Waals surface area contributed by atoms with Crippen LogP contribution >= 0.6 is 0 Å². The molecule has 0 aliphatic rings. The predicted molar refractivity (Wildman–Crippen MR) is 108 cm³/mol. The molecule has 27 heavy (non-hydrogen) atoms. The first-order chi connectivity index (χ1) is 13.0. The van der Waals surface area contributed by atoms with E-state index < -0.39 is 6.10 Å². The molecule has 140 valence electrons. The molecule has 3 aromatic carbocycles. The summed E-state index contributed by atoms with van der Waals surface area (Å²) in [5, 5.41) is 4.95. The van der Waals surface area contributed by atoms with E-state index >= 15 is 0 Å². The second kappa shape index (κ2) is 8.58. The molecule has 4 nitrogen and oxygen atoms in total. The Kier molecular flexibility index (Phi) is 5.97. The van der Waals surface area contributed by atoms with Gasteiger partial charge in [0, 0.05) is 5.39 Å². The Hall–Kier alpha value is -3.01. The Labute approximate surface area is 160 Å². The monoisotopic (exact) mass is 363 g/mol. The highest BCUT2D eigenvalue weighted by Gasteiger charge is 2.15. The van der Waals surface area contributed by atoms with Crippen LogP contribution in [0, 0.1) is 13.8 Å².